The van der Waals surface area contributed by atoms with Gasteiger partial charge in [0.15, 0.2) is 0 Å². The maximum Gasteiger partial charge on any atom is 0.219 e. The van der Waals surface area contributed by atoms with E-state index in [0.29, 0.717) is 0 Å². The first-order chi connectivity index (χ1) is 6.66. The summed E-state index contributed by atoms with van der Waals surface area (Å²) in [6, 6.07) is 0. The van der Waals surface area contributed by atoms with Gasteiger partial charge in [-0.05, 0) is 37.0 Å². The molecule has 0 aromatic heterocycles. The first-order valence-electron chi connectivity index (χ1n) is 5.88. The van der Waals surface area contributed by atoms with Crippen LogP contribution in [0.3, 0.4) is 0 Å². The van der Waals surface area contributed by atoms with Gasteiger partial charge in [-0.3, -0.25) is 4.79 Å². The van der Waals surface area contributed by atoms with Gasteiger partial charge in [0.25, 0.3) is 0 Å². The van der Waals surface area contributed by atoms with Gasteiger partial charge in [0, 0.05) is 20.5 Å². The lowest BCUT2D eigenvalue weighted by Gasteiger charge is -2.43. The van der Waals surface area contributed by atoms with Crippen molar-refractivity contribution in [3.05, 3.63) is 0 Å². The molecule has 3 rings (SSSR count). The fraction of sp³-hybridized carbons (Fsp3) is 0.917. The Labute approximate surface area is 86.7 Å². The molecule has 3 fully saturated rings. The minimum atomic E-state index is 0.214. The van der Waals surface area contributed by atoms with E-state index < -0.39 is 0 Å². The monoisotopic (exact) mass is 195 g/mol. The highest BCUT2D eigenvalue weighted by molar-refractivity contribution is 5.72. The average molecular weight is 195 g/mol. The molecule has 3 aliphatic rings. The first kappa shape index (κ1) is 10.0. The van der Waals surface area contributed by atoms with E-state index >= 15 is 0 Å². The minimum absolute atomic E-state index is 0.214. The Bertz CT molecular complexity index is 218. The number of carbonyl (C=O) groups is 1. The van der Waals surface area contributed by atoms with Crippen LogP contribution in [0.1, 0.15) is 39.0 Å². The van der Waals surface area contributed by atoms with Crippen LogP contribution in [0, 0.1) is 17.8 Å². The van der Waals surface area contributed by atoms with E-state index in [4.69, 9.17) is 0 Å². The van der Waals surface area contributed by atoms with Crippen LogP contribution in [0.4, 0.5) is 0 Å². The standard InChI is InChI=1S/C12H21NO/c1-9(14)13(2)8-12-7-10-3-5-11(12)6-4-10/h10-12H,3-8H2,1-2H3. The fourth-order valence-electron chi connectivity index (χ4n) is 3.22. The normalized spacial score (nSPS) is 35.7. The Balaban J connectivity index is 1.89. The summed E-state index contributed by atoms with van der Waals surface area (Å²) < 4.78 is 0. The Hall–Kier alpha value is -0.530. The van der Waals surface area contributed by atoms with Gasteiger partial charge in [-0.15, -0.1) is 0 Å². The molecular weight excluding hydrogens is 174 g/mol. The SMILES string of the molecule is CC(=O)N(C)CC1CC2CCC1CC2. The van der Waals surface area contributed by atoms with E-state index in [0.717, 1.165) is 24.3 Å². The van der Waals surface area contributed by atoms with Crippen molar-refractivity contribution in [2.24, 2.45) is 17.8 Å². The zero-order chi connectivity index (χ0) is 10.1. The highest BCUT2D eigenvalue weighted by Gasteiger charge is 2.35. The third kappa shape index (κ3) is 1.94. The lowest BCUT2D eigenvalue weighted by atomic mass is 9.64. The summed E-state index contributed by atoms with van der Waals surface area (Å²) in [5, 5.41) is 0. The third-order valence-corrected chi connectivity index (χ3v) is 4.24. The molecule has 3 aliphatic carbocycles. The van der Waals surface area contributed by atoms with Crippen LogP contribution in [0.25, 0.3) is 0 Å². The van der Waals surface area contributed by atoms with E-state index in [-0.39, 0.29) is 5.91 Å². The molecule has 1 unspecified atom stereocenters. The predicted molar refractivity (Wildman–Crippen MR) is 56.9 cm³/mol. The topological polar surface area (TPSA) is 20.3 Å². The van der Waals surface area contributed by atoms with E-state index in [2.05, 4.69) is 0 Å². The highest BCUT2D eigenvalue weighted by Crippen LogP contribution is 2.44. The maximum atomic E-state index is 11.1. The number of amides is 1. The van der Waals surface area contributed by atoms with Crippen LogP contribution in [0.5, 0.6) is 0 Å². The van der Waals surface area contributed by atoms with Crippen molar-refractivity contribution >= 4 is 5.91 Å². The quantitative estimate of drug-likeness (QED) is 0.662. The Kier molecular flexibility index (Phi) is 2.80. The zero-order valence-electron chi connectivity index (χ0n) is 9.33. The van der Waals surface area contributed by atoms with Crippen LogP contribution < -0.4 is 0 Å². The molecule has 0 aliphatic heterocycles. The van der Waals surface area contributed by atoms with Crippen LogP contribution >= 0.6 is 0 Å². The molecule has 1 amide bonds. The van der Waals surface area contributed by atoms with E-state index in [1.807, 2.05) is 11.9 Å². The summed E-state index contributed by atoms with van der Waals surface area (Å²) in [6.07, 6.45) is 7.11. The number of hydrogen-bond donors (Lipinski definition) is 0. The van der Waals surface area contributed by atoms with Crippen molar-refractivity contribution in [2.45, 2.75) is 39.0 Å². The van der Waals surface area contributed by atoms with Gasteiger partial charge in [-0.1, -0.05) is 12.8 Å². The third-order valence-electron chi connectivity index (χ3n) is 4.24. The molecule has 0 N–H and O–H groups in total. The van der Waals surface area contributed by atoms with Crippen molar-refractivity contribution in [3.63, 3.8) is 0 Å². The molecule has 2 bridgehead atoms. The van der Waals surface area contributed by atoms with Gasteiger partial charge in [0.05, 0.1) is 0 Å². The van der Waals surface area contributed by atoms with E-state index in [1.54, 1.807) is 6.92 Å². The molecular formula is C12H21NO. The average Bonchev–Trinajstić information content (AvgIpc) is 2.19. The van der Waals surface area contributed by atoms with Crippen LogP contribution in [-0.2, 0) is 4.79 Å². The van der Waals surface area contributed by atoms with Gasteiger partial charge in [-0.25, -0.2) is 0 Å². The number of rotatable bonds is 2. The highest BCUT2D eigenvalue weighted by atomic mass is 16.2. The predicted octanol–water partition coefficient (Wildman–Crippen LogP) is 2.29. The zero-order valence-corrected chi connectivity index (χ0v) is 9.33. The molecule has 1 atom stereocenters. The Morgan fingerprint density at radius 2 is 1.93 bits per heavy atom. The summed E-state index contributed by atoms with van der Waals surface area (Å²) in [5.41, 5.74) is 0. The summed E-state index contributed by atoms with van der Waals surface area (Å²) in [6.45, 7) is 2.66. The van der Waals surface area contributed by atoms with E-state index in [1.165, 1.54) is 32.1 Å². The summed E-state index contributed by atoms with van der Waals surface area (Å²) in [7, 11) is 1.94. The largest absolute Gasteiger partial charge is 0.346 e. The lowest BCUT2D eigenvalue weighted by Crippen LogP contribution is -2.39. The van der Waals surface area contributed by atoms with Crippen LogP contribution in [0.2, 0.25) is 0 Å². The summed E-state index contributed by atoms with van der Waals surface area (Å²) in [4.78, 5) is 13.0. The van der Waals surface area contributed by atoms with Gasteiger partial charge >= 0.3 is 0 Å². The second-order valence-corrected chi connectivity index (χ2v) is 5.18. The van der Waals surface area contributed by atoms with Crippen molar-refractivity contribution in [1.82, 2.24) is 4.90 Å². The van der Waals surface area contributed by atoms with Gasteiger partial charge in [0.1, 0.15) is 0 Å². The Morgan fingerprint density at radius 1 is 1.29 bits per heavy atom. The molecule has 0 aromatic carbocycles. The molecule has 0 radical (unpaired) electrons. The molecule has 0 saturated heterocycles. The fourth-order valence-corrected chi connectivity index (χ4v) is 3.22. The van der Waals surface area contributed by atoms with Gasteiger partial charge < -0.3 is 4.90 Å². The summed E-state index contributed by atoms with van der Waals surface area (Å²) in [5.74, 6) is 2.91. The summed E-state index contributed by atoms with van der Waals surface area (Å²) >= 11 is 0. The lowest BCUT2D eigenvalue weighted by molar-refractivity contribution is -0.128. The van der Waals surface area contributed by atoms with Crippen LogP contribution in [0.15, 0.2) is 0 Å². The number of nitrogens with zero attached hydrogens (tertiary/aromatic N) is 1. The van der Waals surface area contributed by atoms with Crippen molar-refractivity contribution in [1.29, 1.82) is 0 Å². The molecule has 14 heavy (non-hydrogen) atoms. The second kappa shape index (κ2) is 3.92. The minimum Gasteiger partial charge on any atom is -0.346 e. The number of carbonyl (C=O) groups excluding carboxylic acids is 1. The molecule has 0 aromatic rings. The first-order valence-corrected chi connectivity index (χ1v) is 5.88. The molecule has 0 spiro atoms. The Morgan fingerprint density at radius 3 is 2.36 bits per heavy atom. The van der Waals surface area contributed by atoms with E-state index in [9.17, 15) is 4.79 Å². The molecule has 3 saturated carbocycles. The van der Waals surface area contributed by atoms with Crippen molar-refractivity contribution < 1.29 is 4.79 Å². The number of hydrogen-bond acceptors (Lipinski definition) is 1. The van der Waals surface area contributed by atoms with Crippen molar-refractivity contribution in [3.8, 4) is 0 Å². The molecule has 2 heteroatoms. The smallest absolute Gasteiger partial charge is 0.219 e. The van der Waals surface area contributed by atoms with Crippen molar-refractivity contribution in [2.75, 3.05) is 13.6 Å². The second-order valence-electron chi connectivity index (χ2n) is 5.18. The number of fused-ring (bicyclic) bond motifs is 3. The van der Waals surface area contributed by atoms with Crippen LogP contribution in [-0.4, -0.2) is 24.4 Å². The maximum absolute atomic E-state index is 11.1. The van der Waals surface area contributed by atoms with Gasteiger partial charge in [0.2, 0.25) is 5.91 Å². The molecule has 0 heterocycles. The molecule has 2 nitrogen and oxygen atoms in total. The van der Waals surface area contributed by atoms with Gasteiger partial charge in [-0.2, -0.15) is 0 Å². The molecule has 80 valence electrons.